The van der Waals surface area contributed by atoms with Gasteiger partial charge >= 0.3 is 0 Å². The largest absolute Gasteiger partial charge is 0.306 e. The Morgan fingerprint density at radius 2 is 2.00 bits per heavy atom. The van der Waals surface area contributed by atoms with Crippen LogP contribution in [-0.2, 0) is 6.54 Å². The third kappa shape index (κ3) is 3.11. The Morgan fingerprint density at radius 3 is 2.82 bits per heavy atom. The van der Waals surface area contributed by atoms with Gasteiger partial charge in [0.2, 0.25) is 0 Å². The summed E-state index contributed by atoms with van der Waals surface area (Å²) in [4.78, 5) is 4.36. The zero-order valence-electron chi connectivity index (χ0n) is 12.2. The van der Waals surface area contributed by atoms with Gasteiger partial charge in [-0.15, -0.1) is 0 Å². The summed E-state index contributed by atoms with van der Waals surface area (Å²) in [5.74, 6) is -0.248. The second kappa shape index (κ2) is 6.42. The van der Waals surface area contributed by atoms with Crippen molar-refractivity contribution in [2.45, 2.75) is 19.5 Å². The van der Waals surface area contributed by atoms with E-state index in [9.17, 15) is 4.39 Å². The van der Waals surface area contributed by atoms with Gasteiger partial charge in [0, 0.05) is 29.2 Å². The molecule has 0 bridgehead atoms. The van der Waals surface area contributed by atoms with E-state index in [0.717, 1.165) is 27.1 Å². The molecule has 22 heavy (non-hydrogen) atoms. The van der Waals surface area contributed by atoms with Gasteiger partial charge in [0.15, 0.2) is 0 Å². The van der Waals surface area contributed by atoms with Gasteiger partial charge in [-0.3, -0.25) is 4.98 Å². The fourth-order valence-electron chi connectivity index (χ4n) is 2.56. The Hall–Kier alpha value is -1.97. The standard InChI is InChI=1S/C18H16ClFN2/c1-12(16-6-2-3-7-17(16)19)22-11-14-10-15(20)9-13-5-4-8-21-18(13)14/h2-10,12,22H,11H2,1H3. The molecule has 0 aliphatic rings. The van der Waals surface area contributed by atoms with Crippen LogP contribution in [-0.4, -0.2) is 4.98 Å². The van der Waals surface area contributed by atoms with Crippen LogP contribution in [0.15, 0.2) is 54.7 Å². The highest BCUT2D eigenvalue weighted by Crippen LogP contribution is 2.23. The number of fused-ring (bicyclic) bond motifs is 1. The van der Waals surface area contributed by atoms with Gasteiger partial charge in [0.1, 0.15) is 5.82 Å². The molecule has 112 valence electrons. The number of hydrogen-bond donors (Lipinski definition) is 1. The molecule has 3 aromatic rings. The Kier molecular flexibility index (Phi) is 4.36. The van der Waals surface area contributed by atoms with Crippen molar-refractivity contribution in [2.24, 2.45) is 0 Å². The number of hydrogen-bond acceptors (Lipinski definition) is 2. The first-order valence-electron chi connectivity index (χ1n) is 7.16. The molecule has 2 nitrogen and oxygen atoms in total. The van der Waals surface area contributed by atoms with E-state index >= 15 is 0 Å². The lowest BCUT2D eigenvalue weighted by Gasteiger charge is -2.16. The molecule has 0 aliphatic heterocycles. The van der Waals surface area contributed by atoms with E-state index in [1.807, 2.05) is 43.3 Å². The normalized spacial score (nSPS) is 12.5. The average molecular weight is 315 g/mol. The molecular weight excluding hydrogens is 299 g/mol. The topological polar surface area (TPSA) is 24.9 Å². The average Bonchev–Trinajstić information content (AvgIpc) is 2.52. The molecule has 1 aromatic heterocycles. The van der Waals surface area contributed by atoms with E-state index in [1.165, 1.54) is 12.1 Å². The summed E-state index contributed by atoms with van der Waals surface area (Å²) in [5, 5.41) is 4.92. The van der Waals surface area contributed by atoms with Crippen molar-refractivity contribution in [3.05, 3.63) is 76.7 Å². The highest BCUT2D eigenvalue weighted by atomic mass is 35.5. The zero-order valence-corrected chi connectivity index (χ0v) is 12.9. The lowest BCUT2D eigenvalue weighted by molar-refractivity contribution is 0.571. The Morgan fingerprint density at radius 1 is 1.18 bits per heavy atom. The maximum absolute atomic E-state index is 13.7. The molecule has 3 rings (SSSR count). The highest BCUT2D eigenvalue weighted by molar-refractivity contribution is 6.31. The second-order valence-electron chi connectivity index (χ2n) is 5.26. The van der Waals surface area contributed by atoms with E-state index in [2.05, 4.69) is 10.3 Å². The maximum atomic E-state index is 13.7. The lowest BCUT2D eigenvalue weighted by Crippen LogP contribution is -2.18. The smallest absolute Gasteiger partial charge is 0.124 e. The summed E-state index contributed by atoms with van der Waals surface area (Å²) in [6.45, 7) is 2.56. The van der Waals surface area contributed by atoms with Crippen molar-refractivity contribution in [3.63, 3.8) is 0 Å². The van der Waals surface area contributed by atoms with Crippen LogP contribution in [0.2, 0.25) is 5.02 Å². The lowest BCUT2D eigenvalue weighted by atomic mass is 10.1. The first-order valence-corrected chi connectivity index (χ1v) is 7.54. The van der Waals surface area contributed by atoms with Crippen molar-refractivity contribution in [1.29, 1.82) is 0 Å². The molecule has 1 N–H and O–H groups in total. The fourth-order valence-corrected chi connectivity index (χ4v) is 2.86. The van der Waals surface area contributed by atoms with Gasteiger partial charge in [-0.05, 0) is 42.3 Å². The van der Waals surface area contributed by atoms with Crippen molar-refractivity contribution >= 4 is 22.5 Å². The maximum Gasteiger partial charge on any atom is 0.124 e. The molecule has 0 amide bonds. The second-order valence-corrected chi connectivity index (χ2v) is 5.67. The SMILES string of the molecule is CC(NCc1cc(F)cc2cccnc12)c1ccccc1Cl. The first-order chi connectivity index (χ1) is 10.6. The molecule has 0 spiro atoms. The van der Waals surface area contributed by atoms with Crippen LogP contribution in [0.3, 0.4) is 0 Å². The van der Waals surface area contributed by atoms with Gasteiger partial charge in [-0.25, -0.2) is 4.39 Å². The minimum atomic E-state index is -0.248. The van der Waals surface area contributed by atoms with E-state index < -0.39 is 0 Å². The van der Waals surface area contributed by atoms with Gasteiger partial charge in [-0.1, -0.05) is 35.9 Å². The molecule has 0 saturated heterocycles. The van der Waals surface area contributed by atoms with Gasteiger partial charge < -0.3 is 5.32 Å². The van der Waals surface area contributed by atoms with Crippen LogP contribution in [0.1, 0.15) is 24.1 Å². The predicted octanol–water partition coefficient (Wildman–Crippen LogP) is 4.88. The Balaban J connectivity index is 1.84. The van der Waals surface area contributed by atoms with Crippen molar-refractivity contribution in [3.8, 4) is 0 Å². The van der Waals surface area contributed by atoms with Crippen LogP contribution in [0.4, 0.5) is 4.39 Å². The van der Waals surface area contributed by atoms with Crippen molar-refractivity contribution in [2.75, 3.05) is 0 Å². The quantitative estimate of drug-likeness (QED) is 0.742. The van der Waals surface area contributed by atoms with Crippen LogP contribution >= 0.6 is 11.6 Å². The summed E-state index contributed by atoms with van der Waals surface area (Å²) < 4.78 is 13.7. The molecule has 2 aromatic carbocycles. The van der Waals surface area contributed by atoms with E-state index in [4.69, 9.17) is 11.6 Å². The summed E-state index contributed by atoms with van der Waals surface area (Å²) in [6, 6.07) is 14.5. The van der Waals surface area contributed by atoms with Crippen molar-refractivity contribution in [1.82, 2.24) is 10.3 Å². The minimum absolute atomic E-state index is 0.0655. The molecular formula is C18H16ClFN2. The highest BCUT2D eigenvalue weighted by Gasteiger charge is 2.10. The third-order valence-corrected chi connectivity index (χ3v) is 4.06. The van der Waals surface area contributed by atoms with Crippen LogP contribution in [0.5, 0.6) is 0 Å². The van der Waals surface area contributed by atoms with E-state index in [-0.39, 0.29) is 11.9 Å². The molecule has 1 heterocycles. The molecule has 0 radical (unpaired) electrons. The third-order valence-electron chi connectivity index (χ3n) is 3.72. The molecule has 0 aliphatic carbocycles. The number of nitrogens with one attached hydrogen (secondary N) is 1. The molecule has 0 fully saturated rings. The monoisotopic (exact) mass is 314 g/mol. The summed E-state index contributed by atoms with van der Waals surface area (Å²) in [7, 11) is 0. The number of halogens is 2. The summed E-state index contributed by atoms with van der Waals surface area (Å²) >= 11 is 6.21. The number of benzene rings is 2. The fraction of sp³-hybridized carbons (Fsp3) is 0.167. The van der Waals surface area contributed by atoms with Crippen LogP contribution < -0.4 is 5.32 Å². The Bertz CT molecular complexity index is 804. The van der Waals surface area contributed by atoms with Gasteiger partial charge in [0.05, 0.1) is 5.52 Å². The molecule has 1 unspecified atom stereocenters. The van der Waals surface area contributed by atoms with Gasteiger partial charge in [0.25, 0.3) is 0 Å². The van der Waals surface area contributed by atoms with Crippen molar-refractivity contribution < 1.29 is 4.39 Å². The molecule has 4 heteroatoms. The summed E-state index contributed by atoms with van der Waals surface area (Å²) in [6.07, 6.45) is 1.72. The van der Waals surface area contributed by atoms with E-state index in [0.29, 0.717) is 6.54 Å². The number of aromatic nitrogens is 1. The number of pyridine rings is 1. The zero-order chi connectivity index (χ0) is 15.5. The Labute approximate surface area is 134 Å². The summed E-state index contributed by atoms with van der Waals surface area (Å²) in [5.41, 5.74) is 2.69. The first kappa shape index (κ1) is 14.9. The van der Waals surface area contributed by atoms with Crippen LogP contribution in [0, 0.1) is 5.82 Å². The minimum Gasteiger partial charge on any atom is -0.306 e. The van der Waals surface area contributed by atoms with Crippen LogP contribution in [0.25, 0.3) is 10.9 Å². The predicted molar refractivity (Wildman–Crippen MR) is 88.4 cm³/mol. The number of rotatable bonds is 4. The number of nitrogens with zero attached hydrogens (tertiary/aromatic N) is 1. The molecule has 0 saturated carbocycles. The van der Waals surface area contributed by atoms with Gasteiger partial charge in [-0.2, -0.15) is 0 Å². The van der Waals surface area contributed by atoms with E-state index in [1.54, 1.807) is 6.20 Å². The molecule has 1 atom stereocenters.